The van der Waals surface area contributed by atoms with Gasteiger partial charge in [-0.15, -0.1) is 0 Å². The molecule has 2 aliphatic heterocycles. The fourth-order valence-electron chi connectivity index (χ4n) is 4.02. The molecule has 2 aliphatic rings. The number of nitrogens with zero attached hydrogens (tertiary/aromatic N) is 2. The second-order valence-electron chi connectivity index (χ2n) is 7.77. The predicted molar refractivity (Wildman–Crippen MR) is 115 cm³/mol. The highest BCUT2D eigenvalue weighted by molar-refractivity contribution is 7.89. The molecular weight excluding hydrogens is 418 g/mol. The number of carbonyl (C=O) groups is 3. The number of Topliss-reactive ketones (excluding diaryl/α,β-unsaturated/α-hetero) is 1. The number of hydrogen-bond acceptors (Lipinski definition) is 5. The van der Waals surface area contributed by atoms with E-state index in [4.69, 9.17) is 0 Å². The molecule has 1 fully saturated rings. The van der Waals surface area contributed by atoms with Gasteiger partial charge >= 0.3 is 0 Å². The standard InChI is InChI=1S/C22H23N3O5S/c1-15-6-4-5-13-25(15)31(29,30)17-11-9-16(10-12-17)23-20(26)14-24-19-8-3-2-7-18(19)21(27)22(24)28/h2-3,7-12,15H,4-6,13-14H2,1H3,(H,23,26). The second kappa shape index (κ2) is 8.24. The quantitative estimate of drug-likeness (QED) is 0.718. The number of ketones is 1. The molecule has 0 spiro atoms. The molecule has 0 saturated carbocycles. The van der Waals surface area contributed by atoms with Gasteiger partial charge in [-0.2, -0.15) is 4.31 Å². The van der Waals surface area contributed by atoms with Crippen LogP contribution in [0.1, 0.15) is 36.5 Å². The fourth-order valence-corrected chi connectivity index (χ4v) is 5.72. The first-order valence-corrected chi connectivity index (χ1v) is 11.6. The number of hydrogen-bond donors (Lipinski definition) is 1. The Morgan fingerprint density at radius 1 is 1.06 bits per heavy atom. The number of sulfonamides is 1. The molecule has 1 N–H and O–H groups in total. The number of piperidine rings is 1. The van der Waals surface area contributed by atoms with Crippen LogP contribution in [-0.4, -0.2) is 49.5 Å². The Morgan fingerprint density at radius 3 is 2.48 bits per heavy atom. The highest BCUT2D eigenvalue weighted by Gasteiger charge is 2.36. The lowest BCUT2D eigenvalue weighted by Crippen LogP contribution is -2.41. The lowest BCUT2D eigenvalue weighted by molar-refractivity contribution is -0.118. The first-order chi connectivity index (χ1) is 14.8. The molecule has 0 aliphatic carbocycles. The molecule has 162 valence electrons. The smallest absolute Gasteiger partial charge is 0.299 e. The van der Waals surface area contributed by atoms with Gasteiger partial charge in [0.25, 0.3) is 11.7 Å². The van der Waals surface area contributed by atoms with E-state index in [1.165, 1.54) is 28.6 Å². The lowest BCUT2D eigenvalue weighted by atomic mass is 10.1. The number of anilines is 2. The number of carbonyl (C=O) groups excluding carboxylic acids is 3. The third kappa shape index (κ3) is 3.98. The summed E-state index contributed by atoms with van der Waals surface area (Å²) in [6, 6.07) is 12.4. The van der Waals surface area contributed by atoms with Gasteiger partial charge in [-0.25, -0.2) is 8.42 Å². The van der Waals surface area contributed by atoms with Crippen LogP contribution in [0.4, 0.5) is 11.4 Å². The number of fused-ring (bicyclic) bond motifs is 1. The molecule has 0 aromatic heterocycles. The van der Waals surface area contributed by atoms with Crippen LogP contribution in [0, 0.1) is 0 Å². The first-order valence-electron chi connectivity index (χ1n) is 10.2. The molecule has 0 radical (unpaired) electrons. The molecule has 9 heteroatoms. The SMILES string of the molecule is CC1CCCCN1S(=O)(=O)c1ccc(NC(=O)CN2C(=O)C(=O)c3ccccc32)cc1. The molecule has 4 rings (SSSR count). The minimum Gasteiger partial charge on any atom is -0.325 e. The largest absolute Gasteiger partial charge is 0.325 e. The zero-order valence-electron chi connectivity index (χ0n) is 17.1. The van der Waals surface area contributed by atoms with Gasteiger partial charge in [0.15, 0.2) is 0 Å². The van der Waals surface area contributed by atoms with Crippen molar-refractivity contribution >= 4 is 39.0 Å². The van der Waals surface area contributed by atoms with Crippen LogP contribution >= 0.6 is 0 Å². The van der Waals surface area contributed by atoms with Crippen molar-refractivity contribution in [3.8, 4) is 0 Å². The maximum absolute atomic E-state index is 12.9. The summed E-state index contributed by atoms with van der Waals surface area (Å²) >= 11 is 0. The van der Waals surface area contributed by atoms with Gasteiger partial charge in [-0.05, 0) is 56.2 Å². The molecule has 1 atom stereocenters. The van der Waals surface area contributed by atoms with E-state index in [0.29, 0.717) is 17.9 Å². The average Bonchev–Trinajstić information content (AvgIpc) is 2.99. The van der Waals surface area contributed by atoms with E-state index >= 15 is 0 Å². The Labute approximate surface area is 180 Å². The summed E-state index contributed by atoms with van der Waals surface area (Å²) in [6.45, 7) is 2.10. The Kier molecular flexibility index (Phi) is 5.63. The molecule has 0 bridgehead atoms. The molecule has 2 aromatic rings. The van der Waals surface area contributed by atoms with Crippen LogP contribution in [0.25, 0.3) is 0 Å². The van der Waals surface area contributed by atoms with Gasteiger partial charge in [-0.3, -0.25) is 19.3 Å². The van der Waals surface area contributed by atoms with Crippen molar-refractivity contribution in [1.29, 1.82) is 0 Å². The minimum absolute atomic E-state index is 0.0401. The fraction of sp³-hybridized carbons (Fsp3) is 0.318. The lowest BCUT2D eigenvalue weighted by Gasteiger charge is -2.32. The minimum atomic E-state index is -3.59. The van der Waals surface area contributed by atoms with Crippen molar-refractivity contribution in [1.82, 2.24) is 4.31 Å². The summed E-state index contributed by atoms with van der Waals surface area (Å²) in [4.78, 5) is 38.0. The van der Waals surface area contributed by atoms with Crippen LogP contribution in [0.5, 0.6) is 0 Å². The summed E-state index contributed by atoms with van der Waals surface area (Å²) in [5.74, 6) is -1.86. The second-order valence-corrected chi connectivity index (χ2v) is 9.66. The average molecular weight is 442 g/mol. The normalized spacial score (nSPS) is 19.4. The molecule has 8 nitrogen and oxygen atoms in total. The van der Waals surface area contributed by atoms with Crippen molar-refractivity contribution in [3.05, 3.63) is 54.1 Å². The van der Waals surface area contributed by atoms with Crippen LogP contribution in [-0.2, 0) is 19.6 Å². The van der Waals surface area contributed by atoms with Gasteiger partial charge in [0.2, 0.25) is 15.9 Å². The van der Waals surface area contributed by atoms with Crippen LogP contribution in [0.15, 0.2) is 53.4 Å². The summed E-state index contributed by atoms with van der Waals surface area (Å²) in [6.07, 6.45) is 2.71. The molecule has 1 unspecified atom stereocenters. The molecule has 2 amide bonds. The van der Waals surface area contributed by atoms with E-state index < -0.39 is 27.6 Å². The van der Waals surface area contributed by atoms with Gasteiger partial charge in [0.1, 0.15) is 6.54 Å². The summed E-state index contributed by atoms with van der Waals surface area (Å²) < 4.78 is 27.3. The van der Waals surface area contributed by atoms with Crippen LogP contribution in [0.2, 0.25) is 0 Å². The van der Waals surface area contributed by atoms with Gasteiger partial charge in [-0.1, -0.05) is 18.6 Å². The number of para-hydroxylation sites is 1. The molecule has 1 saturated heterocycles. The number of amides is 2. The number of benzene rings is 2. The molecule has 2 heterocycles. The Balaban J connectivity index is 1.44. The van der Waals surface area contributed by atoms with E-state index in [1.807, 2.05) is 6.92 Å². The highest BCUT2D eigenvalue weighted by Crippen LogP contribution is 2.29. The van der Waals surface area contributed by atoms with E-state index in [9.17, 15) is 22.8 Å². The third-order valence-electron chi connectivity index (χ3n) is 5.67. The van der Waals surface area contributed by atoms with Crippen molar-refractivity contribution in [2.45, 2.75) is 37.1 Å². The highest BCUT2D eigenvalue weighted by atomic mass is 32.2. The maximum Gasteiger partial charge on any atom is 0.299 e. The zero-order chi connectivity index (χ0) is 22.2. The van der Waals surface area contributed by atoms with E-state index in [1.54, 1.807) is 24.3 Å². The van der Waals surface area contributed by atoms with Gasteiger partial charge < -0.3 is 5.32 Å². The Hall–Kier alpha value is -3.04. The monoisotopic (exact) mass is 441 g/mol. The molecule has 2 aromatic carbocycles. The van der Waals surface area contributed by atoms with Gasteiger partial charge in [0.05, 0.1) is 16.1 Å². The Morgan fingerprint density at radius 2 is 1.77 bits per heavy atom. The van der Waals surface area contributed by atoms with Crippen molar-refractivity contribution in [2.24, 2.45) is 0 Å². The zero-order valence-corrected chi connectivity index (χ0v) is 17.9. The van der Waals surface area contributed by atoms with Gasteiger partial charge in [0, 0.05) is 18.3 Å². The van der Waals surface area contributed by atoms with E-state index in [0.717, 1.165) is 24.2 Å². The maximum atomic E-state index is 12.9. The van der Waals surface area contributed by atoms with Crippen molar-refractivity contribution < 1.29 is 22.8 Å². The summed E-state index contributed by atoms with van der Waals surface area (Å²) in [7, 11) is -3.59. The summed E-state index contributed by atoms with van der Waals surface area (Å²) in [5, 5.41) is 2.65. The van der Waals surface area contributed by atoms with Crippen LogP contribution < -0.4 is 10.2 Å². The predicted octanol–water partition coefficient (Wildman–Crippen LogP) is 2.42. The summed E-state index contributed by atoms with van der Waals surface area (Å²) in [5.41, 5.74) is 1.09. The van der Waals surface area contributed by atoms with Crippen molar-refractivity contribution in [2.75, 3.05) is 23.3 Å². The van der Waals surface area contributed by atoms with Crippen LogP contribution in [0.3, 0.4) is 0 Å². The first kappa shape index (κ1) is 21.2. The van der Waals surface area contributed by atoms with Crippen molar-refractivity contribution in [3.63, 3.8) is 0 Å². The number of rotatable bonds is 5. The number of nitrogens with one attached hydrogen (secondary N) is 1. The van der Waals surface area contributed by atoms with E-state index in [2.05, 4.69) is 5.32 Å². The molecule has 31 heavy (non-hydrogen) atoms. The topological polar surface area (TPSA) is 104 Å². The molecular formula is C22H23N3O5S. The third-order valence-corrected chi connectivity index (χ3v) is 7.70. The van der Waals surface area contributed by atoms with E-state index in [-0.39, 0.29) is 23.0 Å². The Bertz CT molecular complexity index is 1140.